The summed E-state index contributed by atoms with van der Waals surface area (Å²) in [5.74, 6) is 0.00938. The molecule has 150 valence electrons. The summed E-state index contributed by atoms with van der Waals surface area (Å²) in [6.45, 7) is 6.03. The normalized spacial score (nSPS) is 12.9. The zero-order chi connectivity index (χ0) is 20.5. The van der Waals surface area contributed by atoms with Crippen molar-refractivity contribution in [1.29, 1.82) is 0 Å². The molecule has 0 bridgehead atoms. The molecule has 0 aliphatic carbocycles. The van der Waals surface area contributed by atoms with Crippen molar-refractivity contribution >= 4 is 35.2 Å². The molecule has 2 aromatic carbocycles. The number of amides is 2. The standard InChI is InChI=1S/C22H27ClN2O2S/c1-4-16(2)24-22(27)17(3)25(14-18-10-8-9-13-20(18)23)21(26)15-28-19-11-6-5-7-12-19/h5-13,16-17H,4,14-15H2,1-3H3,(H,24,27)/t16-,17-/m0/s1. The van der Waals surface area contributed by atoms with Gasteiger partial charge in [-0.3, -0.25) is 9.59 Å². The van der Waals surface area contributed by atoms with Gasteiger partial charge in [0.2, 0.25) is 11.8 Å². The van der Waals surface area contributed by atoms with Gasteiger partial charge in [-0.15, -0.1) is 11.8 Å². The van der Waals surface area contributed by atoms with Gasteiger partial charge in [0.05, 0.1) is 5.75 Å². The molecular weight excluding hydrogens is 392 g/mol. The van der Waals surface area contributed by atoms with E-state index in [2.05, 4.69) is 5.32 Å². The predicted molar refractivity (Wildman–Crippen MR) is 117 cm³/mol. The highest BCUT2D eigenvalue weighted by atomic mass is 35.5. The molecule has 0 heterocycles. The Hall–Kier alpha value is -1.98. The minimum absolute atomic E-state index is 0.0610. The van der Waals surface area contributed by atoms with E-state index < -0.39 is 6.04 Å². The quantitative estimate of drug-likeness (QED) is 0.597. The SMILES string of the molecule is CC[C@H](C)NC(=O)[C@H](C)N(Cc1ccccc1Cl)C(=O)CSc1ccccc1. The molecule has 2 aromatic rings. The van der Waals surface area contributed by atoms with Crippen LogP contribution in [0.4, 0.5) is 0 Å². The minimum atomic E-state index is -0.589. The van der Waals surface area contributed by atoms with E-state index in [1.807, 2.05) is 62.4 Å². The van der Waals surface area contributed by atoms with Crippen LogP contribution >= 0.6 is 23.4 Å². The summed E-state index contributed by atoms with van der Waals surface area (Å²) in [5, 5.41) is 3.55. The molecule has 0 spiro atoms. The second-order valence-corrected chi connectivity index (χ2v) is 8.16. The first kappa shape index (κ1) is 22.3. The Bertz CT molecular complexity index is 785. The summed E-state index contributed by atoms with van der Waals surface area (Å²) >= 11 is 7.76. The number of nitrogens with zero attached hydrogens (tertiary/aromatic N) is 1. The molecule has 28 heavy (non-hydrogen) atoms. The lowest BCUT2D eigenvalue weighted by atomic mass is 10.1. The Morgan fingerprint density at radius 3 is 2.36 bits per heavy atom. The fourth-order valence-corrected chi connectivity index (χ4v) is 3.60. The van der Waals surface area contributed by atoms with Crippen molar-refractivity contribution in [2.24, 2.45) is 0 Å². The third-order valence-electron chi connectivity index (χ3n) is 4.57. The van der Waals surface area contributed by atoms with Gasteiger partial charge < -0.3 is 10.2 Å². The summed E-state index contributed by atoms with van der Waals surface area (Å²) in [6.07, 6.45) is 0.834. The van der Waals surface area contributed by atoms with Gasteiger partial charge in [0.1, 0.15) is 6.04 Å². The van der Waals surface area contributed by atoms with E-state index >= 15 is 0 Å². The first-order valence-electron chi connectivity index (χ1n) is 9.43. The molecule has 4 nitrogen and oxygen atoms in total. The molecule has 0 aliphatic rings. The molecule has 0 aliphatic heterocycles. The van der Waals surface area contributed by atoms with Crippen molar-refractivity contribution in [3.8, 4) is 0 Å². The van der Waals surface area contributed by atoms with E-state index in [9.17, 15) is 9.59 Å². The Labute approximate surface area is 176 Å². The molecule has 2 amide bonds. The molecule has 0 radical (unpaired) electrons. The third kappa shape index (κ3) is 6.57. The molecule has 0 saturated heterocycles. The fourth-order valence-electron chi connectivity index (χ4n) is 2.60. The Balaban J connectivity index is 2.15. The summed E-state index contributed by atoms with van der Waals surface area (Å²) < 4.78 is 0. The number of carbonyl (C=O) groups excluding carboxylic acids is 2. The lowest BCUT2D eigenvalue weighted by molar-refractivity contribution is -0.138. The van der Waals surface area contributed by atoms with Crippen LogP contribution in [-0.2, 0) is 16.1 Å². The van der Waals surface area contributed by atoms with E-state index in [1.165, 1.54) is 11.8 Å². The second-order valence-electron chi connectivity index (χ2n) is 6.71. The van der Waals surface area contributed by atoms with E-state index in [0.717, 1.165) is 16.9 Å². The zero-order valence-electron chi connectivity index (χ0n) is 16.5. The Morgan fingerprint density at radius 1 is 1.07 bits per heavy atom. The van der Waals surface area contributed by atoms with E-state index in [-0.39, 0.29) is 23.6 Å². The minimum Gasteiger partial charge on any atom is -0.352 e. The number of thioether (sulfide) groups is 1. The van der Waals surface area contributed by atoms with Crippen LogP contribution in [-0.4, -0.2) is 34.6 Å². The van der Waals surface area contributed by atoms with Crippen LogP contribution in [0.15, 0.2) is 59.5 Å². The van der Waals surface area contributed by atoms with Gasteiger partial charge in [-0.2, -0.15) is 0 Å². The van der Waals surface area contributed by atoms with Gasteiger partial charge in [-0.05, 0) is 44.0 Å². The number of hydrogen-bond acceptors (Lipinski definition) is 3. The van der Waals surface area contributed by atoms with Gasteiger partial charge in [0.15, 0.2) is 0 Å². The molecule has 0 unspecified atom stereocenters. The molecule has 6 heteroatoms. The number of benzene rings is 2. The highest BCUT2D eigenvalue weighted by molar-refractivity contribution is 8.00. The maximum atomic E-state index is 13.0. The van der Waals surface area contributed by atoms with E-state index in [1.54, 1.807) is 17.9 Å². The highest BCUT2D eigenvalue weighted by Gasteiger charge is 2.27. The second kappa shape index (κ2) is 11.1. The topological polar surface area (TPSA) is 49.4 Å². The zero-order valence-corrected chi connectivity index (χ0v) is 18.1. The van der Waals surface area contributed by atoms with Gasteiger partial charge in [0, 0.05) is 22.5 Å². The largest absolute Gasteiger partial charge is 0.352 e. The predicted octanol–water partition coefficient (Wildman–Crippen LogP) is 4.76. The van der Waals surface area contributed by atoms with Crippen LogP contribution in [0.1, 0.15) is 32.8 Å². The first-order valence-corrected chi connectivity index (χ1v) is 10.8. The van der Waals surface area contributed by atoms with Crippen LogP contribution in [0.2, 0.25) is 5.02 Å². The fraction of sp³-hybridized carbons (Fsp3) is 0.364. The molecule has 0 saturated carbocycles. The number of nitrogens with one attached hydrogen (secondary N) is 1. The van der Waals surface area contributed by atoms with Gasteiger partial charge >= 0.3 is 0 Å². The van der Waals surface area contributed by atoms with Gasteiger partial charge in [0.25, 0.3) is 0 Å². The van der Waals surface area contributed by atoms with E-state index in [0.29, 0.717) is 11.6 Å². The number of hydrogen-bond donors (Lipinski definition) is 1. The van der Waals surface area contributed by atoms with E-state index in [4.69, 9.17) is 11.6 Å². The summed E-state index contributed by atoms with van der Waals surface area (Å²) in [7, 11) is 0. The van der Waals surface area contributed by atoms with Crippen molar-refractivity contribution in [2.45, 2.75) is 50.7 Å². The third-order valence-corrected chi connectivity index (χ3v) is 5.94. The Kier molecular flexibility index (Phi) is 8.87. The average molecular weight is 419 g/mol. The number of rotatable bonds is 9. The Morgan fingerprint density at radius 2 is 1.71 bits per heavy atom. The van der Waals surface area contributed by atoms with Crippen molar-refractivity contribution in [1.82, 2.24) is 10.2 Å². The summed E-state index contributed by atoms with van der Waals surface area (Å²) in [5.41, 5.74) is 0.824. The van der Waals surface area contributed by atoms with Gasteiger partial charge in [-0.1, -0.05) is 54.9 Å². The molecule has 0 fully saturated rings. The maximum Gasteiger partial charge on any atom is 0.242 e. The summed E-state index contributed by atoms with van der Waals surface area (Å²) in [4.78, 5) is 28.3. The molecule has 0 aromatic heterocycles. The van der Waals surface area contributed by atoms with Crippen molar-refractivity contribution in [2.75, 3.05) is 5.75 Å². The lowest BCUT2D eigenvalue weighted by Crippen LogP contribution is -2.50. The maximum absolute atomic E-state index is 13.0. The van der Waals surface area contributed by atoms with Crippen LogP contribution in [0.25, 0.3) is 0 Å². The lowest BCUT2D eigenvalue weighted by Gasteiger charge is -2.30. The van der Waals surface area contributed by atoms with Crippen LogP contribution in [0.3, 0.4) is 0 Å². The van der Waals surface area contributed by atoms with Crippen molar-refractivity contribution in [3.63, 3.8) is 0 Å². The average Bonchev–Trinajstić information content (AvgIpc) is 2.71. The highest BCUT2D eigenvalue weighted by Crippen LogP contribution is 2.22. The number of halogens is 1. The molecule has 2 atom stereocenters. The van der Waals surface area contributed by atoms with Gasteiger partial charge in [-0.25, -0.2) is 0 Å². The van der Waals surface area contributed by atoms with Crippen molar-refractivity contribution in [3.05, 3.63) is 65.2 Å². The molecule has 1 N–H and O–H groups in total. The van der Waals surface area contributed by atoms with Crippen LogP contribution in [0.5, 0.6) is 0 Å². The smallest absolute Gasteiger partial charge is 0.242 e. The summed E-state index contributed by atoms with van der Waals surface area (Å²) in [6, 6.07) is 16.6. The monoisotopic (exact) mass is 418 g/mol. The first-order chi connectivity index (χ1) is 13.4. The molecule has 2 rings (SSSR count). The van der Waals surface area contributed by atoms with Crippen LogP contribution in [0, 0.1) is 0 Å². The van der Waals surface area contributed by atoms with Crippen molar-refractivity contribution < 1.29 is 9.59 Å². The molecular formula is C22H27ClN2O2S. The van der Waals surface area contributed by atoms with Crippen LogP contribution < -0.4 is 5.32 Å². The number of carbonyl (C=O) groups is 2.